The molecule has 1 atom stereocenters. The van der Waals surface area contributed by atoms with Crippen molar-refractivity contribution in [3.05, 3.63) is 17.5 Å². The largest absolute Gasteiger partial charge is 0.444 e. The third-order valence-electron chi connectivity index (χ3n) is 4.38. The van der Waals surface area contributed by atoms with Crippen LogP contribution in [0.1, 0.15) is 62.6 Å². The number of carbonyl (C=O) groups is 2. The third kappa shape index (κ3) is 3.71. The molecule has 1 saturated heterocycles. The molecule has 132 valence electrons. The molecule has 1 aromatic rings. The second-order valence-corrected chi connectivity index (χ2v) is 7.76. The Labute approximate surface area is 142 Å². The molecule has 0 unspecified atom stereocenters. The summed E-state index contributed by atoms with van der Waals surface area (Å²) in [6.07, 6.45) is 2.01. The van der Waals surface area contributed by atoms with Crippen molar-refractivity contribution in [2.24, 2.45) is 0 Å². The standard InChI is InChI=1S/C17H26N4O3/c1-11-10-20(7-8-21(11)16(23)24-17(2,3)4)15(22)14-9-13(18-19-14)12-5-6-12/h9,11-12H,5-8,10H2,1-4H3,(H,18,19)/t11-/m0/s1. The average Bonchev–Trinajstić information content (AvgIpc) is 3.22. The first-order valence-corrected chi connectivity index (χ1v) is 8.59. The Morgan fingerprint density at radius 1 is 1.29 bits per heavy atom. The maximum absolute atomic E-state index is 12.6. The van der Waals surface area contributed by atoms with Gasteiger partial charge in [0, 0.05) is 37.3 Å². The van der Waals surface area contributed by atoms with Gasteiger partial charge in [0.1, 0.15) is 11.3 Å². The molecule has 7 heteroatoms. The number of hydrogen-bond donors (Lipinski definition) is 1. The van der Waals surface area contributed by atoms with Crippen LogP contribution in [-0.2, 0) is 4.74 Å². The second kappa shape index (κ2) is 6.11. The molecule has 0 aromatic carbocycles. The zero-order valence-corrected chi connectivity index (χ0v) is 14.8. The summed E-state index contributed by atoms with van der Waals surface area (Å²) >= 11 is 0. The fraction of sp³-hybridized carbons (Fsp3) is 0.706. The van der Waals surface area contributed by atoms with E-state index in [1.807, 2.05) is 33.8 Å². The molecule has 1 aromatic heterocycles. The number of H-pyrrole nitrogens is 1. The smallest absolute Gasteiger partial charge is 0.410 e. The molecular formula is C17H26N4O3. The summed E-state index contributed by atoms with van der Waals surface area (Å²) in [4.78, 5) is 28.3. The van der Waals surface area contributed by atoms with Gasteiger partial charge in [0.05, 0.1) is 0 Å². The monoisotopic (exact) mass is 334 g/mol. The highest BCUT2D eigenvalue weighted by Gasteiger charge is 2.34. The van der Waals surface area contributed by atoms with Gasteiger partial charge in [-0.05, 0) is 46.6 Å². The van der Waals surface area contributed by atoms with Crippen molar-refractivity contribution in [3.63, 3.8) is 0 Å². The van der Waals surface area contributed by atoms with Gasteiger partial charge >= 0.3 is 6.09 Å². The first-order chi connectivity index (χ1) is 11.2. The highest BCUT2D eigenvalue weighted by atomic mass is 16.6. The lowest BCUT2D eigenvalue weighted by Gasteiger charge is -2.40. The fourth-order valence-electron chi connectivity index (χ4n) is 2.95. The number of piperazine rings is 1. The number of nitrogens with one attached hydrogen (secondary N) is 1. The number of amides is 2. The SMILES string of the molecule is C[C@H]1CN(C(=O)c2cc(C3CC3)[nH]n2)CCN1C(=O)OC(C)(C)C. The predicted octanol–water partition coefficient (Wildman–Crippen LogP) is 2.37. The van der Waals surface area contributed by atoms with E-state index in [4.69, 9.17) is 4.74 Å². The number of aromatic amines is 1. The van der Waals surface area contributed by atoms with Gasteiger partial charge in [0.15, 0.2) is 0 Å². The van der Waals surface area contributed by atoms with E-state index in [9.17, 15) is 9.59 Å². The first kappa shape index (κ1) is 16.8. The molecule has 7 nitrogen and oxygen atoms in total. The molecule has 0 bridgehead atoms. The number of nitrogens with zero attached hydrogens (tertiary/aromatic N) is 3. The zero-order valence-electron chi connectivity index (χ0n) is 14.8. The van der Waals surface area contributed by atoms with Crippen LogP contribution < -0.4 is 0 Å². The molecule has 2 fully saturated rings. The van der Waals surface area contributed by atoms with Gasteiger partial charge in [-0.2, -0.15) is 5.10 Å². The molecule has 1 N–H and O–H groups in total. The van der Waals surface area contributed by atoms with Gasteiger partial charge in [-0.1, -0.05) is 0 Å². The number of rotatable bonds is 2. The Bertz CT molecular complexity index is 630. The zero-order chi connectivity index (χ0) is 17.5. The van der Waals surface area contributed by atoms with E-state index in [2.05, 4.69) is 10.2 Å². The number of carbonyl (C=O) groups excluding carboxylic acids is 2. The van der Waals surface area contributed by atoms with Crippen LogP contribution in [0, 0.1) is 0 Å². The maximum Gasteiger partial charge on any atom is 0.410 e. The average molecular weight is 334 g/mol. The Morgan fingerprint density at radius 3 is 2.58 bits per heavy atom. The number of aromatic nitrogens is 2. The molecule has 1 aliphatic carbocycles. The van der Waals surface area contributed by atoms with Crippen molar-refractivity contribution in [1.82, 2.24) is 20.0 Å². The van der Waals surface area contributed by atoms with Crippen LogP contribution in [-0.4, -0.2) is 63.3 Å². The van der Waals surface area contributed by atoms with E-state index in [0.29, 0.717) is 31.2 Å². The van der Waals surface area contributed by atoms with E-state index >= 15 is 0 Å². The molecule has 3 rings (SSSR count). The van der Waals surface area contributed by atoms with Crippen LogP contribution in [0.2, 0.25) is 0 Å². The van der Waals surface area contributed by atoms with E-state index in [-0.39, 0.29) is 18.0 Å². The Balaban J connectivity index is 1.59. The summed E-state index contributed by atoms with van der Waals surface area (Å²) in [6.45, 7) is 8.95. The molecule has 2 aliphatic rings. The topological polar surface area (TPSA) is 78.5 Å². The van der Waals surface area contributed by atoms with Crippen molar-refractivity contribution in [1.29, 1.82) is 0 Å². The molecule has 0 spiro atoms. The number of ether oxygens (including phenoxy) is 1. The van der Waals surface area contributed by atoms with Gasteiger partial charge in [0.25, 0.3) is 5.91 Å². The maximum atomic E-state index is 12.6. The first-order valence-electron chi connectivity index (χ1n) is 8.59. The summed E-state index contributed by atoms with van der Waals surface area (Å²) < 4.78 is 5.43. The summed E-state index contributed by atoms with van der Waals surface area (Å²) in [6, 6.07) is 1.78. The minimum absolute atomic E-state index is 0.0751. The highest BCUT2D eigenvalue weighted by Crippen LogP contribution is 2.39. The van der Waals surface area contributed by atoms with Gasteiger partial charge in [-0.25, -0.2) is 4.79 Å². The van der Waals surface area contributed by atoms with Crippen LogP contribution in [0.4, 0.5) is 4.79 Å². The molecule has 24 heavy (non-hydrogen) atoms. The van der Waals surface area contributed by atoms with Crippen molar-refractivity contribution in [2.75, 3.05) is 19.6 Å². The van der Waals surface area contributed by atoms with Crippen LogP contribution >= 0.6 is 0 Å². The fourth-order valence-corrected chi connectivity index (χ4v) is 2.95. The number of hydrogen-bond acceptors (Lipinski definition) is 4. The van der Waals surface area contributed by atoms with Crippen molar-refractivity contribution >= 4 is 12.0 Å². The third-order valence-corrected chi connectivity index (χ3v) is 4.38. The quantitative estimate of drug-likeness (QED) is 0.900. The van der Waals surface area contributed by atoms with Gasteiger partial charge in [-0.15, -0.1) is 0 Å². The molecule has 1 aliphatic heterocycles. The summed E-state index contributed by atoms with van der Waals surface area (Å²) in [5.74, 6) is 0.468. The summed E-state index contributed by atoms with van der Waals surface area (Å²) in [7, 11) is 0. The van der Waals surface area contributed by atoms with Crippen molar-refractivity contribution in [3.8, 4) is 0 Å². The van der Waals surface area contributed by atoms with Gasteiger partial charge in [0.2, 0.25) is 0 Å². The lowest BCUT2D eigenvalue weighted by atomic mass is 10.1. The van der Waals surface area contributed by atoms with E-state index in [0.717, 1.165) is 5.69 Å². The molecule has 2 amide bonds. The van der Waals surface area contributed by atoms with Gasteiger partial charge in [-0.3, -0.25) is 9.89 Å². The van der Waals surface area contributed by atoms with Crippen molar-refractivity contribution in [2.45, 2.75) is 58.1 Å². The normalized spacial score (nSPS) is 21.8. The molecule has 1 saturated carbocycles. The van der Waals surface area contributed by atoms with E-state index < -0.39 is 5.60 Å². The van der Waals surface area contributed by atoms with Crippen LogP contribution in [0.3, 0.4) is 0 Å². The van der Waals surface area contributed by atoms with Crippen LogP contribution in [0.15, 0.2) is 6.07 Å². The Morgan fingerprint density at radius 2 is 2.00 bits per heavy atom. The minimum Gasteiger partial charge on any atom is -0.444 e. The molecular weight excluding hydrogens is 308 g/mol. The van der Waals surface area contributed by atoms with Crippen molar-refractivity contribution < 1.29 is 14.3 Å². The van der Waals surface area contributed by atoms with Gasteiger partial charge < -0.3 is 14.5 Å². The lowest BCUT2D eigenvalue weighted by Crippen LogP contribution is -2.56. The Hall–Kier alpha value is -2.05. The van der Waals surface area contributed by atoms with Crippen LogP contribution in [0.5, 0.6) is 0 Å². The predicted molar refractivity (Wildman–Crippen MR) is 88.9 cm³/mol. The van der Waals surface area contributed by atoms with E-state index in [1.165, 1.54) is 12.8 Å². The minimum atomic E-state index is -0.516. The lowest BCUT2D eigenvalue weighted by molar-refractivity contribution is 0.00190. The molecule has 2 heterocycles. The van der Waals surface area contributed by atoms with Crippen LogP contribution in [0.25, 0.3) is 0 Å². The molecule has 0 radical (unpaired) electrons. The van der Waals surface area contributed by atoms with E-state index in [1.54, 1.807) is 9.80 Å². The second-order valence-electron chi connectivity index (χ2n) is 7.76. The summed E-state index contributed by atoms with van der Waals surface area (Å²) in [5.41, 5.74) is 1.01. The Kier molecular flexibility index (Phi) is 4.27. The highest BCUT2D eigenvalue weighted by molar-refractivity contribution is 5.92. The summed E-state index contributed by atoms with van der Waals surface area (Å²) in [5, 5.41) is 7.13.